The fraction of sp³-hybridized carbons (Fsp3) is 0.571. The standard InChI is InChI=1S/C14H19ClFNO/c1-18-9-12-13(15)7-11(8-14(12)16)6-10-2-4-17-5-3-10/h7-8,10,17H,2-6,9H2,1H3. The van der Waals surface area contributed by atoms with Gasteiger partial charge in [-0.3, -0.25) is 0 Å². The van der Waals surface area contributed by atoms with Gasteiger partial charge in [0.15, 0.2) is 0 Å². The zero-order chi connectivity index (χ0) is 13.0. The zero-order valence-electron chi connectivity index (χ0n) is 10.6. The van der Waals surface area contributed by atoms with Crippen molar-refractivity contribution in [3.05, 3.63) is 34.1 Å². The van der Waals surface area contributed by atoms with Crippen molar-refractivity contribution in [1.29, 1.82) is 0 Å². The molecule has 0 unspecified atom stereocenters. The molecular weight excluding hydrogens is 253 g/mol. The highest BCUT2D eigenvalue weighted by Crippen LogP contribution is 2.25. The van der Waals surface area contributed by atoms with E-state index in [-0.39, 0.29) is 12.4 Å². The summed E-state index contributed by atoms with van der Waals surface area (Å²) in [5.74, 6) is 0.378. The van der Waals surface area contributed by atoms with Crippen molar-refractivity contribution >= 4 is 11.6 Å². The van der Waals surface area contributed by atoms with Gasteiger partial charge in [0.25, 0.3) is 0 Å². The predicted octanol–water partition coefficient (Wildman–Crippen LogP) is 3.17. The molecule has 0 atom stereocenters. The number of ether oxygens (including phenoxy) is 1. The van der Waals surface area contributed by atoms with Gasteiger partial charge in [0.05, 0.1) is 6.61 Å². The number of nitrogens with one attached hydrogen (secondary N) is 1. The van der Waals surface area contributed by atoms with Crippen molar-refractivity contribution in [3.8, 4) is 0 Å². The molecule has 2 nitrogen and oxygen atoms in total. The van der Waals surface area contributed by atoms with Crippen molar-refractivity contribution < 1.29 is 9.13 Å². The van der Waals surface area contributed by atoms with Crippen LogP contribution in [0.4, 0.5) is 4.39 Å². The molecule has 0 bridgehead atoms. The second kappa shape index (κ2) is 6.50. The summed E-state index contributed by atoms with van der Waals surface area (Å²) in [6, 6.07) is 3.48. The SMILES string of the molecule is COCc1c(F)cc(CC2CCNCC2)cc1Cl. The van der Waals surface area contributed by atoms with E-state index in [1.54, 1.807) is 13.2 Å². The number of hydrogen-bond donors (Lipinski definition) is 1. The van der Waals surface area contributed by atoms with Crippen molar-refractivity contribution in [2.45, 2.75) is 25.9 Å². The summed E-state index contributed by atoms with van der Waals surface area (Å²) < 4.78 is 18.8. The van der Waals surface area contributed by atoms with Crippen LogP contribution in [-0.2, 0) is 17.8 Å². The lowest BCUT2D eigenvalue weighted by atomic mass is 9.90. The molecule has 1 aromatic rings. The van der Waals surface area contributed by atoms with Gasteiger partial charge in [0.1, 0.15) is 5.82 Å². The van der Waals surface area contributed by atoms with E-state index in [9.17, 15) is 4.39 Å². The van der Waals surface area contributed by atoms with Crippen molar-refractivity contribution in [3.63, 3.8) is 0 Å². The molecule has 1 N–H and O–H groups in total. The van der Waals surface area contributed by atoms with Crippen LogP contribution in [0.1, 0.15) is 24.0 Å². The lowest BCUT2D eigenvalue weighted by Gasteiger charge is -2.22. The second-order valence-electron chi connectivity index (χ2n) is 4.87. The van der Waals surface area contributed by atoms with Gasteiger partial charge < -0.3 is 10.1 Å². The van der Waals surface area contributed by atoms with Gasteiger partial charge in [0.2, 0.25) is 0 Å². The summed E-state index contributed by atoms with van der Waals surface area (Å²) in [4.78, 5) is 0. The highest BCUT2D eigenvalue weighted by molar-refractivity contribution is 6.31. The average Bonchev–Trinajstić information content (AvgIpc) is 2.35. The fourth-order valence-electron chi connectivity index (χ4n) is 2.47. The highest BCUT2D eigenvalue weighted by Gasteiger charge is 2.16. The van der Waals surface area contributed by atoms with Crippen LogP contribution < -0.4 is 5.32 Å². The number of methoxy groups -OCH3 is 1. The monoisotopic (exact) mass is 271 g/mol. The topological polar surface area (TPSA) is 21.3 Å². The minimum Gasteiger partial charge on any atom is -0.380 e. The summed E-state index contributed by atoms with van der Waals surface area (Å²) >= 11 is 6.10. The van der Waals surface area contributed by atoms with Crippen molar-refractivity contribution in [2.24, 2.45) is 5.92 Å². The van der Waals surface area contributed by atoms with Crippen LogP contribution in [0.3, 0.4) is 0 Å². The zero-order valence-corrected chi connectivity index (χ0v) is 11.4. The molecule has 0 radical (unpaired) electrons. The first-order valence-electron chi connectivity index (χ1n) is 6.37. The van der Waals surface area contributed by atoms with Gasteiger partial charge in [-0.25, -0.2) is 4.39 Å². The van der Waals surface area contributed by atoms with Crippen LogP contribution >= 0.6 is 11.6 Å². The Hall–Kier alpha value is -0.640. The van der Waals surface area contributed by atoms with E-state index in [0.717, 1.165) is 37.9 Å². The van der Waals surface area contributed by atoms with Crippen LogP contribution in [0.2, 0.25) is 5.02 Å². The molecule has 1 heterocycles. The lowest BCUT2D eigenvalue weighted by molar-refractivity contribution is 0.181. The van der Waals surface area contributed by atoms with E-state index in [2.05, 4.69) is 5.32 Å². The lowest BCUT2D eigenvalue weighted by Crippen LogP contribution is -2.28. The van der Waals surface area contributed by atoms with Crippen LogP contribution in [0.5, 0.6) is 0 Å². The number of hydrogen-bond acceptors (Lipinski definition) is 2. The highest BCUT2D eigenvalue weighted by atomic mass is 35.5. The third kappa shape index (κ3) is 3.44. The molecule has 18 heavy (non-hydrogen) atoms. The molecular formula is C14H19ClFNO. The molecule has 1 aromatic carbocycles. The van der Waals surface area contributed by atoms with Crippen LogP contribution in [0, 0.1) is 11.7 Å². The molecule has 0 saturated carbocycles. The summed E-state index contributed by atoms with van der Waals surface area (Å²) in [5.41, 5.74) is 1.44. The summed E-state index contributed by atoms with van der Waals surface area (Å²) in [7, 11) is 1.54. The molecule has 1 aliphatic heterocycles. The Bertz CT molecular complexity index is 382. The maximum absolute atomic E-state index is 13.9. The minimum absolute atomic E-state index is 0.221. The third-order valence-electron chi connectivity index (χ3n) is 3.47. The van der Waals surface area contributed by atoms with E-state index in [1.165, 1.54) is 0 Å². The van der Waals surface area contributed by atoms with Crippen molar-refractivity contribution in [2.75, 3.05) is 20.2 Å². The van der Waals surface area contributed by atoms with Crippen molar-refractivity contribution in [1.82, 2.24) is 5.32 Å². The van der Waals surface area contributed by atoms with Crippen LogP contribution in [-0.4, -0.2) is 20.2 Å². The van der Waals surface area contributed by atoms with Gasteiger partial charge in [0, 0.05) is 17.7 Å². The molecule has 2 rings (SSSR count). The fourth-order valence-corrected chi connectivity index (χ4v) is 2.76. The van der Waals surface area contributed by atoms with Gasteiger partial charge in [-0.2, -0.15) is 0 Å². The quantitative estimate of drug-likeness (QED) is 0.908. The molecule has 4 heteroatoms. The number of rotatable bonds is 4. The van der Waals surface area contributed by atoms with Gasteiger partial charge in [-0.05, 0) is 56.0 Å². The minimum atomic E-state index is -0.256. The summed E-state index contributed by atoms with van der Waals surface area (Å²) in [6.07, 6.45) is 3.21. The first kappa shape index (κ1) is 13.8. The van der Waals surface area contributed by atoms with E-state index < -0.39 is 0 Å². The van der Waals surface area contributed by atoms with E-state index in [0.29, 0.717) is 16.5 Å². The Morgan fingerprint density at radius 2 is 2.11 bits per heavy atom. The molecule has 0 aromatic heterocycles. The summed E-state index contributed by atoms with van der Waals surface area (Å²) in [5, 5.41) is 3.81. The van der Waals surface area contributed by atoms with E-state index in [4.69, 9.17) is 16.3 Å². The number of halogens is 2. The second-order valence-corrected chi connectivity index (χ2v) is 5.28. The molecule has 1 fully saturated rings. The molecule has 0 spiro atoms. The average molecular weight is 272 g/mol. The van der Waals surface area contributed by atoms with E-state index in [1.807, 2.05) is 6.07 Å². The smallest absolute Gasteiger partial charge is 0.130 e. The Kier molecular flexibility index (Phi) is 4.98. The molecule has 0 aliphatic carbocycles. The number of benzene rings is 1. The van der Waals surface area contributed by atoms with Crippen LogP contribution in [0.25, 0.3) is 0 Å². The van der Waals surface area contributed by atoms with Gasteiger partial charge >= 0.3 is 0 Å². The Morgan fingerprint density at radius 3 is 2.72 bits per heavy atom. The molecule has 100 valence electrons. The summed E-state index contributed by atoms with van der Waals surface area (Å²) in [6.45, 7) is 2.34. The predicted molar refractivity (Wildman–Crippen MR) is 71.4 cm³/mol. The molecule has 1 aliphatic rings. The van der Waals surface area contributed by atoms with Gasteiger partial charge in [-0.1, -0.05) is 11.6 Å². The maximum Gasteiger partial charge on any atom is 0.130 e. The molecule has 1 saturated heterocycles. The Morgan fingerprint density at radius 1 is 1.39 bits per heavy atom. The molecule has 0 amide bonds. The first-order valence-corrected chi connectivity index (χ1v) is 6.75. The van der Waals surface area contributed by atoms with E-state index >= 15 is 0 Å². The number of piperidine rings is 1. The normalized spacial score (nSPS) is 17.1. The third-order valence-corrected chi connectivity index (χ3v) is 3.81. The Balaban J connectivity index is 2.09. The van der Waals surface area contributed by atoms with Gasteiger partial charge in [-0.15, -0.1) is 0 Å². The largest absolute Gasteiger partial charge is 0.380 e. The maximum atomic E-state index is 13.9. The first-order chi connectivity index (χ1) is 8.70. The van der Waals surface area contributed by atoms with Crippen LogP contribution in [0.15, 0.2) is 12.1 Å². The Labute approximate surface area is 112 Å².